The Morgan fingerprint density at radius 2 is 2.06 bits per heavy atom. The molecule has 0 radical (unpaired) electrons. The molecule has 4 heterocycles. The number of carbonyl (C=O) groups excluding carboxylic acids is 1. The molecule has 0 bridgehead atoms. The van der Waals surface area contributed by atoms with Gasteiger partial charge in [0.2, 0.25) is 0 Å². The number of nitrogens with zero attached hydrogens (tertiary/aromatic N) is 3. The summed E-state index contributed by atoms with van der Waals surface area (Å²) in [6.45, 7) is 5.07. The Balaban J connectivity index is 1.42. The third-order valence-corrected chi connectivity index (χ3v) is 6.48. The van der Waals surface area contributed by atoms with Crippen molar-refractivity contribution < 1.29 is 18.3 Å². The summed E-state index contributed by atoms with van der Waals surface area (Å²) in [6.07, 6.45) is 5.08. The van der Waals surface area contributed by atoms with Gasteiger partial charge in [-0.2, -0.15) is 8.78 Å². The van der Waals surface area contributed by atoms with Crippen LogP contribution in [0.25, 0.3) is 11.1 Å². The zero-order valence-electron chi connectivity index (χ0n) is 19.1. The number of ether oxygens (including phenoxy) is 1. The molecule has 0 aliphatic carbocycles. The van der Waals surface area contributed by atoms with Crippen molar-refractivity contribution in [3.8, 4) is 11.1 Å². The van der Waals surface area contributed by atoms with Crippen molar-refractivity contribution in [1.29, 1.82) is 0 Å². The molecule has 2 aliphatic rings. The van der Waals surface area contributed by atoms with E-state index in [0.717, 1.165) is 67.1 Å². The highest BCUT2D eigenvalue weighted by Gasteiger charge is 2.30. The van der Waals surface area contributed by atoms with Crippen LogP contribution in [0.1, 0.15) is 40.7 Å². The van der Waals surface area contributed by atoms with E-state index in [4.69, 9.17) is 9.72 Å². The molecule has 176 valence electrons. The van der Waals surface area contributed by atoms with Crippen molar-refractivity contribution in [2.45, 2.75) is 38.7 Å². The van der Waals surface area contributed by atoms with Gasteiger partial charge in [-0.05, 0) is 61.2 Å². The number of pyridine rings is 2. The number of anilines is 2. The Bertz CT molecular complexity index is 1240. The summed E-state index contributed by atoms with van der Waals surface area (Å²) in [4.78, 5) is 23.6. The first kappa shape index (κ1) is 22.4. The molecule has 8 heteroatoms. The van der Waals surface area contributed by atoms with Crippen molar-refractivity contribution in [3.63, 3.8) is 0 Å². The summed E-state index contributed by atoms with van der Waals surface area (Å²) in [5, 5.41) is 2.82. The van der Waals surface area contributed by atoms with Crippen LogP contribution in [-0.2, 0) is 17.1 Å². The van der Waals surface area contributed by atoms with Crippen LogP contribution >= 0.6 is 0 Å². The molecule has 1 N–H and O–H groups in total. The molecule has 1 atom stereocenters. The fourth-order valence-electron chi connectivity index (χ4n) is 4.61. The standard InChI is InChI=1S/C26H26F2N4O2/c1-16-3-4-19(31-25(33)17-7-8-29-24(12-17)26(2,27)28)13-21(16)18-11-23-22(30-14-18)6-5-20-15-34-10-9-32(20)23/h3-4,7-8,11-14,20H,5-6,9-10,15H2,1-2H3,(H,31,33)/t20-/m1/s1. The van der Waals surface area contributed by atoms with Crippen molar-refractivity contribution in [2.75, 3.05) is 30.0 Å². The summed E-state index contributed by atoms with van der Waals surface area (Å²) >= 11 is 0. The first-order valence-electron chi connectivity index (χ1n) is 11.4. The van der Waals surface area contributed by atoms with Gasteiger partial charge in [0, 0.05) is 42.7 Å². The van der Waals surface area contributed by atoms with Gasteiger partial charge in [0.1, 0.15) is 5.69 Å². The Labute approximate surface area is 197 Å². The number of aromatic nitrogens is 2. The zero-order valence-corrected chi connectivity index (χ0v) is 19.1. The lowest BCUT2D eigenvalue weighted by Gasteiger charge is -2.41. The molecule has 3 aromatic rings. The van der Waals surface area contributed by atoms with Crippen LogP contribution in [0.5, 0.6) is 0 Å². The van der Waals surface area contributed by atoms with Crippen LogP contribution in [0.15, 0.2) is 48.8 Å². The van der Waals surface area contributed by atoms with E-state index in [2.05, 4.69) is 21.3 Å². The summed E-state index contributed by atoms with van der Waals surface area (Å²) < 4.78 is 32.9. The Kier molecular flexibility index (Phi) is 5.77. The SMILES string of the molecule is Cc1ccc(NC(=O)c2ccnc(C(C)(F)F)c2)cc1-c1cnc2c(c1)N1CCOC[C@H]1CC2. The second kappa shape index (κ2) is 8.76. The van der Waals surface area contributed by atoms with Crippen LogP contribution in [0.3, 0.4) is 0 Å². The zero-order chi connectivity index (χ0) is 23.9. The van der Waals surface area contributed by atoms with E-state index < -0.39 is 17.5 Å². The maximum absolute atomic E-state index is 13.6. The maximum Gasteiger partial charge on any atom is 0.286 e. The highest BCUT2D eigenvalue weighted by Crippen LogP contribution is 2.36. The van der Waals surface area contributed by atoms with Crippen LogP contribution in [-0.4, -0.2) is 41.7 Å². The van der Waals surface area contributed by atoms with E-state index in [1.165, 1.54) is 12.3 Å². The van der Waals surface area contributed by atoms with Gasteiger partial charge in [-0.25, -0.2) is 0 Å². The third-order valence-electron chi connectivity index (χ3n) is 6.48. The highest BCUT2D eigenvalue weighted by molar-refractivity contribution is 6.04. The van der Waals surface area contributed by atoms with E-state index >= 15 is 0 Å². The number of alkyl halides is 2. The first-order valence-corrected chi connectivity index (χ1v) is 11.4. The fourth-order valence-corrected chi connectivity index (χ4v) is 4.61. The second-order valence-corrected chi connectivity index (χ2v) is 8.95. The minimum Gasteiger partial charge on any atom is -0.377 e. The van der Waals surface area contributed by atoms with Gasteiger partial charge >= 0.3 is 0 Å². The fraction of sp³-hybridized carbons (Fsp3) is 0.346. The van der Waals surface area contributed by atoms with Gasteiger partial charge in [-0.1, -0.05) is 6.07 Å². The van der Waals surface area contributed by atoms with Crippen LogP contribution < -0.4 is 10.2 Å². The lowest BCUT2D eigenvalue weighted by molar-refractivity contribution is 0.0127. The van der Waals surface area contributed by atoms with Crippen LogP contribution in [0.2, 0.25) is 0 Å². The Morgan fingerprint density at radius 3 is 2.88 bits per heavy atom. The lowest BCUT2D eigenvalue weighted by Crippen LogP contribution is -2.48. The number of halogens is 2. The van der Waals surface area contributed by atoms with E-state index in [-0.39, 0.29) is 5.56 Å². The minimum absolute atomic E-state index is 0.127. The van der Waals surface area contributed by atoms with Crippen molar-refractivity contribution >= 4 is 17.3 Å². The molecule has 0 saturated carbocycles. The highest BCUT2D eigenvalue weighted by atomic mass is 19.3. The number of morpholine rings is 1. The maximum atomic E-state index is 13.6. The van der Waals surface area contributed by atoms with E-state index in [1.807, 2.05) is 25.3 Å². The minimum atomic E-state index is -3.12. The molecule has 1 amide bonds. The molecule has 1 fully saturated rings. The topological polar surface area (TPSA) is 67.4 Å². The largest absolute Gasteiger partial charge is 0.377 e. The normalized spacial score (nSPS) is 17.6. The molecule has 1 saturated heterocycles. The number of amides is 1. The smallest absolute Gasteiger partial charge is 0.286 e. The Morgan fingerprint density at radius 1 is 1.21 bits per heavy atom. The van der Waals surface area contributed by atoms with Gasteiger partial charge in [0.25, 0.3) is 11.8 Å². The van der Waals surface area contributed by atoms with Gasteiger partial charge in [-0.3, -0.25) is 14.8 Å². The number of hydrogen-bond acceptors (Lipinski definition) is 5. The predicted octanol–water partition coefficient (Wildman–Crippen LogP) is 4.97. The van der Waals surface area contributed by atoms with E-state index in [0.29, 0.717) is 18.3 Å². The lowest BCUT2D eigenvalue weighted by atomic mass is 9.95. The average molecular weight is 465 g/mol. The quantitative estimate of drug-likeness (QED) is 0.591. The molecular weight excluding hydrogens is 438 g/mol. The van der Waals surface area contributed by atoms with Crippen molar-refractivity contribution in [1.82, 2.24) is 9.97 Å². The molecule has 1 aromatic carbocycles. The molecule has 2 aliphatic heterocycles. The van der Waals surface area contributed by atoms with Gasteiger partial charge < -0.3 is 15.0 Å². The Hall–Kier alpha value is -3.39. The second-order valence-electron chi connectivity index (χ2n) is 8.95. The number of fused-ring (bicyclic) bond motifs is 3. The van der Waals surface area contributed by atoms with Gasteiger partial charge in [0.05, 0.1) is 30.6 Å². The molecule has 34 heavy (non-hydrogen) atoms. The number of carbonyl (C=O) groups is 1. The molecule has 6 nitrogen and oxygen atoms in total. The number of benzene rings is 1. The summed E-state index contributed by atoms with van der Waals surface area (Å²) in [5.41, 5.74) is 5.49. The monoisotopic (exact) mass is 464 g/mol. The summed E-state index contributed by atoms with van der Waals surface area (Å²) in [7, 11) is 0. The molecule has 0 spiro atoms. The van der Waals surface area contributed by atoms with Crippen LogP contribution in [0, 0.1) is 6.92 Å². The van der Waals surface area contributed by atoms with Crippen molar-refractivity contribution in [2.24, 2.45) is 0 Å². The molecule has 2 aromatic heterocycles. The van der Waals surface area contributed by atoms with Gasteiger partial charge in [0.15, 0.2) is 0 Å². The number of aryl methyl sites for hydroxylation is 2. The summed E-state index contributed by atoms with van der Waals surface area (Å²) in [5.74, 6) is -3.59. The number of nitrogens with one attached hydrogen (secondary N) is 1. The van der Waals surface area contributed by atoms with Gasteiger partial charge in [-0.15, -0.1) is 0 Å². The third kappa shape index (κ3) is 4.37. The molecule has 0 unspecified atom stereocenters. The van der Waals surface area contributed by atoms with E-state index in [1.54, 1.807) is 6.07 Å². The number of rotatable bonds is 4. The molecule has 5 rings (SSSR count). The molecular formula is C26H26F2N4O2. The van der Waals surface area contributed by atoms with Crippen molar-refractivity contribution in [3.05, 3.63) is 71.3 Å². The first-order chi connectivity index (χ1) is 16.3. The van der Waals surface area contributed by atoms with Crippen LogP contribution in [0.4, 0.5) is 20.2 Å². The number of hydrogen-bond donors (Lipinski definition) is 1. The van der Waals surface area contributed by atoms with E-state index in [9.17, 15) is 13.6 Å². The summed E-state index contributed by atoms with van der Waals surface area (Å²) in [6, 6.07) is 10.7. The predicted molar refractivity (Wildman–Crippen MR) is 126 cm³/mol. The average Bonchev–Trinajstić information content (AvgIpc) is 2.84.